The van der Waals surface area contributed by atoms with Crippen molar-refractivity contribution in [3.05, 3.63) is 16.1 Å². The fraction of sp³-hybridized carbons (Fsp3) is 0.727. The van der Waals surface area contributed by atoms with E-state index in [1.54, 1.807) is 11.3 Å². The smallest absolute Gasteiger partial charge is 0.0897 e. The van der Waals surface area contributed by atoms with Gasteiger partial charge in [-0.1, -0.05) is 0 Å². The van der Waals surface area contributed by atoms with Gasteiger partial charge in [0.25, 0.3) is 0 Å². The fourth-order valence-electron chi connectivity index (χ4n) is 1.79. The molecule has 0 radical (unpaired) electrons. The number of hydrogen-bond donors (Lipinski definition) is 1. The summed E-state index contributed by atoms with van der Waals surface area (Å²) in [5.41, 5.74) is 0. The minimum Gasteiger partial charge on any atom is -0.377 e. The van der Waals surface area contributed by atoms with Crippen LogP contribution in [0.3, 0.4) is 0 Å². The predicted octanol–water partition coefficient (Wildman–Crippen LogP) is 2.28. The van der Waals surface area contributed by atoms with Gasteiger partial charge in [-0.05, 0) is 26.7 Å². The van der Waals surface area contributed by atoms with Gasteiger partial charge in [0.2, 0.25) is 0 Å². The van der Waals surface area contributed by atoms with E-state index in [1.165, 1.54) is 17.7 Å². The number of rotatable bonds is 4. The van der Waals surface area contributed by atoms with Crippen LogP contribution < -0.4 is 5.32 Å². The Hall–Kier alpha value is -0.450. The molecule has 1 aliphatic heterocycles. The number of aryl methyl sites for hydroxylation is 1. The van der Waals surface area contributed by atoms with Gasteiger partial charge >= 0.3 is 0 Å². The number of nitrogens with zero attached hydrogens (tertiary/aromatic N) is 1. The molecule has 84 valence electrons. The van der Waals surface area contributed by atoms with E-state index in [4.69, 9.17) is 4.74 Å². The molecule has 2 heterocycles. The summed E-state index contributed by atoms with van der Waals surface area (Å²) < 4.78 is 5.57. The van der Waals surface area contributed by atoms with Gasteiger partial charge in [-0.25, -0.2) is 4.98 Å². The fourth-order valence-corrected chi connectivity index (χ4v) is 2.60. The summed E-state index contributed by atoms with van der Waals surface area (Å²) in [7, 11) is 0. The SMILES string of the molecule is Cc1ncc(C(C)NCC2CCCO2)s1. The molecule has 0 saturated carbocycles. The number of hydrogen-bond acceptors (Lipinski definition) is 4. The first kappa shape index (κ1) is 11.0. The van der Waals surface area contributed by atoms with Gasteiger partial charge in [-0.15, -0.1) is 11.3 Å². The molecule has 3 nitrogen and oxygen atoms in total. The van der Waals surface area contributed by atoms with Crippen LogP contribution in [0.15, 0.2) is 6.20 Å². The molecule has 1 aromatic rings. The molecule has 2 atom stereocenters. The molecular formula is C11H18N2OS. The van der Waals surface area contributed by atoms with Crippen LogP contribution in [0.5, 0.6) is 0 Å². The molecule has 1 aliphatic rings. The van der Waals surface area contributed by atoms with E-state index < -0.39 is 0 Å². The lowest BCUT2D eigenvalue weighted by Gasteiger charge is -2.15. The molecule has 0 aromatic carbocycles. The second-order valence-corrected chi connectivity index (χ2v) is 5.31. The Balaban J connectivity index is 1.79. The Bertz CT molecular complexity index is 307. The maximum absolute atomic E-state index is 5.57. The molecule has 15 heavy (non-hydrogen) atoms. The first-order valence-corrected chi connectivity index (χ1v) is 6.34. The normalized spacial score (nSPS) is 23.2. The van der Waals surface area contributed by atoms with E-state index in [-0.39, 0.29) is 0 Å². The first-order chi connectivity index (χ1) is 7.25. The van der Waals surface area contributed by atoms with Crippen LogP contribution in [-0.4, -0.2) is 24.2 Å². The van der Waals surface area contributed by atoms with Gasteiger partial charge < -0.3 is 10.1 Å². The van der Waals surface area contributed by atoms with Gasteiger partial charge in [-0.2, -0.15) is 0 Å². The van der Waals surface area contributed by atoms with Crippen molar-refractivity contribution in [1.82, 2.24) is 10.3 Å². The van der Waals surface area contributed by atoms with Crippen LogP contribution >= 0.6 is 11.3 Å². The van der Waals surface area contributed by atoms with Gasteiger partial charge in [0.05, 0.1) is 11.1 Å². The Morgan fingerprint density at radius 3 is 3.20 bits per heavy atom. The maximum atomic E-state index is 5.57. The van der Waals surface area contributed by atoms with E-state index in [0.29, 0.717) is 12.1 Å². The molecular weight excluding hydrogens is 208 g/mol. The van der Waals surface area contributed by atoms with E-state index in [0.717, 1.165) is 18.2 Å². The van der Waals surface area contributed by atoms with Crippen LogP contribution in [0, 0.1) is 6.92 Å². The summed E-state index contributed by atoms with van der Waals surface area (Å²) in [5, 5.41) is 4.63. The second kappa shape index (κ2) is 5.05. The zero-order valence-electron chi connectivity index (χ0n) is 9.32. The van der Waals surface area contributed by atoms with Crippen molar-refractivity contribution in [1.29, 1.82) is 0 Å². The first-order valence-electron chi connectivity index (χ1n) is 5.53. The predicted molar refractivity (Wildman–Crippen MR) is 62.2 cm³/mol. The van der Waals surface area contributed by atoms with Crippen molar-refractivity contribution in [2.45, 2.75) is 38.8 Å². The van der Waals surface area contributed by atoms with Crippen molar-refractivity contribution in [2.75, 3.05) is 13.2 Å². The average molecular weight is 226 g/mol. The van der Waals surface area contributed by atoms with Crippen LogP contribution in [-0.2, 0) is 4.74 Å². The van der Waals surface area contributed by atoms with Crippen LogP contribution in [0.25, 0.3) is 0 Å². The molecule has 2 unspecified atom stereocenters. The Labute approximate surface area is 94.9 Å². The highest BCUT2D eigenvalue weighted by atomic mass is 32.1. The number of aromatic nitrogens is 1. The van der Waals surface area contributed by atoms with Crippen molar-refractivity contribution in [3.63, 3.8) is 0 Å². The van der Waals surface area contributed by atoms with Crippen molar-refractivity contribution in [3.8, 4) is 0 Å². The van der Waals surface area contributed by atoms with E-state index >= 15 is 0 Å². The number of thiazole rings is 1. The van der Waals surface area contributed by atoms with Gasteiger partial charge in [0.15, 0.2) is 0 Å². The summed E-state index contributed by atoms with van der Waals surface area (Å²) in [4.78, 5) is 5.58. The molecule has 1 saturated heterocycles. The van der Waals surface area contributed by atoms with Gasteiger partial charge in [0.1, 0.15) is 0 Å². The zero-order valence-corrected chi connectivity index (χ0v) is 10.1. The largest absolute Gasteiger partial charge is 0.377 e. The van der Waals surface area contributed by atoms with E-state index in [9.17, 15) is 0 Å². The summed E-state index contributed by atoms with van der Waals surface area (Å²) in [5.74, 6) is 0. The van der Waals surface area contributed by atoms with Crippen molar-refractivity contribution >= 4 is 11.3 Å². The summed E-state index contributed by atoms with van der Waals surface area (Å²) in [6.45, 7) is 6.11. The average Bonchev–Trinajstić information content (AvgIpc) is 2.84. The molecule has 1 N–H and O–H groups in total. The third kappa shape index (κ3) is 3.00. The third-order valence-electron chi connectivity index (χ3n) is 2.74. The van der Waals surface area contributed by atoms with Gasteiger partial charge in [0, 0.05) is 30.3 Å². The highest BCUT2D eigenvalue weighted by Gasteiger charge is 2.16. The van der Waals surface area contributed by atoms with E-state index in [1.807, 2.05) is 13.1 Å². The quantitative estimate of drug-likeness (QED) is 0.855. The van der Waals surface area contributed by atoms with Crippen molar-refractivity contribution < 1.29 is 4.74 Å². The molecule has 1 aromatic heterocycles. The Kier molecular flexibility index (Phi) is 3.72. The number of ether oxygens (including phenoxy) is 1. The van der Waals surface area contributed by atoms with Crippen LogP contribution in [0.1, 0.15) is 35.7 Å². The monoisotopic (exact) mass is 226 g/mol. The van der Waals surface area contributed by atoms with E-state index in [2.05, 4.69) is 17.2 Å². The summed E-state index contributed by atoms with van der Waals surface area (Å²) in [6, 6.07) is 0.389. The molecule has 2 rings (SSSR count). The second-order valence-electron chi connectivity index (χ2n) is 4.05. The third-order valence-corrected chi connectivity index (χ3v) is 3.84. The minimum atomic E-state index is 0.389. The Morgan fingerprint density at radius 2 is 2.60 bits per heavy atom. The highest BCUT2D eigenvalue weighted by Crippen LogP contribution is 2.20. The standard InChI is InChI=1S/C11H18N2OS/c1-8(11-7-13-9(2)15-11)12-6-10-4-3-5-14-10/h7-8,10,12H,3-6H2,1-2H3. The molecule has 4 heteroatoms. The van der Waals surface area contributed by atoms with Crippen LogP contribution in [0.2, 0.25) is 0 Å². The van der Waals surface area contributed by atoms with Crippen LogP contribution in [0.4, 0.5) is 0 Å². The van der Waals surface area contributed by atoms with Crippen molar-refractivity contribution in [2.24, 2.45) is 0 Å². The van der Waals surface area contributed by atoms with Gasteiger partial charge in [-0.3, -0.25) is 0 Å². The Morgan fingerprint density at radius 1 is 1.73 bits per heavy atom. The lowest BCUT2D eigenvalue weighted by Crippen LogP contribution is -2.28. The number of nitrogens with one attached hydrogen (secondary N) is 1. The highest BCUT2D eigenvalue weighted by molar-refractivity contribution is 7.11. The molecule has 1 fully saturated rings. The minimum absolute atomic E-state index is 0.389. The summed E-state index contributed by atoms with van der Waals surface area (Å²) >= 11 is 1.76. The topological polar surface area (TPSA) is 34.2 Å². The summed E-state index contributed by atoms with van der Waals surface area (Å²) in [6.07, 6.45) is 4.79. The lowest BCUT2D eigenvalue weighted by atomic mass is 10.2. The lowest BCUT2D eigenvalue weighted by molar-refractivity contribution is 0.108. The zero-order chi connectivity index (χ0) is 10.7. The molecule has 0 aliphatic carbocycles. The molecule has 0 spiro atoms. The maximum Gasteiger partial charge on any atom is 0.0897 e. The molecule has 0 amide bonds. The molecule has 0 bridgehead atoms.